The Hall–Kier alpha value is -3.16. The Morgan fingerprint density at radius 1 is 1.31 bits per heavy atom. The van der Waals surface area contributed by atoms with Crippen LogP contribution in [0.5, 0.6) is 0 Å². The van der Waals surface area contributed by atoms with Gasteiger partial charge in [-0.3, -0.25) is 14.6 Å². The molecule has 2 aliphatic rings. The lowest BCUT2D eigenvalue weighted by Crippen LogP contribution is -2.37. The van der Waals surface area contributed by atoms with E-state index in [1.54, 1.807) is 40.1 Å². The molecule has 1 fully saturated rings. The van der Waals surface area contributed by atoms with Gasteiger partial charge in [-0.1, -0.05) is 5.16 Å². The molecule has 8 nitrogen and oxygen atoms in total. The number of aromatic nitrogens is 2. The average Bonchev–Trinajstić information content (AvgIpc) is 3.37. The fraction of sp³-hybridized carbons (Fsp3) is 0.333. The van der Waals surface area contributed by atoms with Crippen molar-refractivity contribution in [2.75, 3.05) is 18.4 Å². The zero-order valence-corrected chi connectivity index (χ0v) is 14.4. The lowest BCUT2D eigenvalue weighted by molar-refractivity contribution is -0.110. The van der Waals surface area contributed by atoms with Crippen molar-refractivity contribution in [3.63, 3.8) is 0 Å². The molecule has 0 saturated carbocycles. The number of rotatable bonds is 3. The van der Waals surface area contributed by atoms with E-state index in [9.17, 15) is 9.59 Å². The second kappa shape index (κ2) is 6.29. The molecule has 2 aliphatic heterocycles. The van der Waals surface area contributed by atoms with Gasteiger partial charge < -0.3 is 19.6 Å². The molecule has 1 spiro atoms. The summed E-state index contributed by atoms with van der Waals surface area (Å²) < 4.78 is 1.80. The number of aryl methyl sites for hydroxylation is 1. The normalized spacial score (nSPS) is 21.6. The number of likely N-dealkylation sites (tertiary alicyclic amines) is 1. The van der Waals surface area contributed by atoms with E-state index >= 15 is 0 Å². The summed E-state index contributed by atoms with van der Waals surface area (Å²) in [6, 6.07) is 7.14. The Balaban J connectivity index is 1.39. The van der Waals surface area contributed by atoms with Crippen molar-refractivity contribution >= 4 is 23.2 Å². The van der Waals surface area contributed by atoms with Crippen LogP contribution in [-0.4, -0.2) is 50.7 Å². The minimum atomic E-state index is -0.609. The van der Waals surface area contributed by atoms with Gasteiger partial charge in [0.1, 0.15) is 11.4 Å². The van der Waals surface area contributed by atoms with Crippen molar-refractivity contribution in [3.05, 3.63) is 48.5 Å². The first-order valence-electron chi connectivity index (χ1n) is 8.43. The number of anilines is 1. The first-order valence-corrected chi connectivity index (χ1v) is 8.43. The number of oxime groups is 1. The molecule has 26 heavy (non-hydrogen) atoms. The second-order valence-corrected chi connectivity index (χ2v) is 6.67. The summed E-state index contributed by atoms with van der Waals surface area (Å²) in [7, 11) is 1.84. The van der Waals surface area contributed by atoms with Gasteiger partial charge >= 0.3 is 0 Å². The first-order chi connectivity index (χ1) is 12.6. The summed E-state index contributed by atoms with van der Waals surface area (Å²) in [5, 5.41) is 6.74. The van der Waals surface area contributed by atoms with Crippen LogP contribution in [0.3, 0.4) is 0 Å². The van der Waals surface area contributed by atoms with Gasteiger partial charge in [-0.05, 0) is 24.3 Å². The van der Waals surface area contributed by atoms with Gasteiger partial charge in [-0.15, -0.1) is 0 Å². The molecule has 2 amide bonds. The van der Waals surface area contributed by atoms with Crippen molar-refractivity contribution in [1.29, 1.82) is 0 Å². The van der Waals surface area contributed by atoms with Crippen LogP contribution < -0.4 is 5.32 Å². The zero-order valence-electron chi connectivity index (χ0n) is 14.4. The van der Waals surface area contributed by atoms with Gasteiger partial charge in [0.2, 0.25) is 0 Å². The van der Waals surface area contributed by atoms with Crippen molar-refractivity contribution in [1.82, 2.24) is 14.5 Å². The molecule has 2 aromatic heterocycles. The molecular weight excluding hydrogens is 334 g/mol. The van der Waals surface area contributed by atoms with Crippen LogP contribution in [0.25, 0.3) is 0 Å². The van der Waals surface area contributed by atoms with Gasteiger partial charge in [-0.25, -0.2) is 0 Å². The lowest BCUT2D eigenvalue weighted by atomic mass is 9.96. The van der Waals surface area contributed by atoms with Crippen LogP contribution in [-0.2, 0) is 16.7 Å². The molecule has 0 aromatic carbocycles. The minimum absolute atomic E-state index is 0.0359. The summed E-state index contributed by atoms with van der Waals surface area (Å²) in [4.78, 5) is 36.4. The third kappa shape index (κ3) is 2.94. The zero-order chi connectivity index (χ0) is 18.1. The fourth-order valence-electron chi connectivity index (χ4n) is 3.37. The average molecular weight is 353 g/mol. The van der Waals surface area contributed by atoms with Crippen LogP contribution in [0.4, 0.5) is 5.69 Å². The Kier molecular flexibility index (Phi) is 3.95. The van der Waals surface area contributed by atoms with Crippen molar-refractivity contribution in [2.45, 2.75) is 18.4 Å². The monoisotopic (exact) mass is 353 g/mol. The third-order valence-corrected chi connectivity index (χ3v) is 4.79. The maximum Gasteiger partial charge on any atom is 0.273 e. The number of nitrogens with zero attached hydrogens (tertiary/aromatic N) is 4. The highest BCUT2D eigenvalue weighted by Gasteiger charge is 2.48. The highest BCUT2D eigenvalue weighted by molar-refractivity contribution is 6.43. The molecule has 0 aliphatic carbocycles. The fourth-order valence-corrected chi connectivity index (χ4v) is 3.37. The molecule has 1 saturated heterocycles. The topological polar surface area (TPSA) is 88.8 Å². The SMILES string of the molecule is Cn1cccc1C(=O)N1CC[C@]2(CC(C(=O)Nc3cccnc3)=NO2)C1. The Labute approximate surface area is 150 Å². The van der Waals surface area contributed by atoms with E-state index in [0.29, 0.717) is 43.0 Å². The van der Waals surface area contributed by atoms with Gasteiger partial charge in [-0.2, -0.15) is 0 Å². The molecule has 2 aromatic rings. The predicted octanol–water partition coefficient (Wildman–Crippen LogP) is 1.42. The van der Waals surface area contributed by atoms with E-state index in [2.05, 4.69) is 15.5 Å². The van der Waals surface area contributed by atoms with E-state index in [1.807, 2.05) is 19.3 Å². The van der Waals surface area contributed by atoms with E-state index in [4.69, 9.17) is 4.84 Å². The quantitative estimate of drug-likeness (QED) is 0.904. The molecule has 0 unspecified atom stereocenters. The smallest absolute Gasteiger partial charge is 0.273 e. The molecular formula is C18H19N5O3. The van der Waals surface area contributed by atoms with Crippen LogP contribution >= 0.6 is 0 Å². The Morgan fingerprint density at radius 2 is 2.19 bits per heavy atom. The van der Waals surface area contributed by atoms with Crippen molar-refractivity contribution < 1.29 is 14.4 Å². The van der Waals surface area contributed by atoms with Crippen molar-refractivity contribution in [2.24, 2.45) is 12.2 Å². The molecule has 0 bridgehead atoms. The van der Waals surface area contributed by atoms with Crippen LogP contribution in [0, 0.1) is 0 Å². The summed E-state index contributed by atoms with van der Waals surface area (Å²) >= 11 is 0. The molecule has 4 heterocycles. The summed E-state index contributed by atoms with van der Waals surface area (Å²) in [6.07, 6.45) is 6.08. The van der Waals surface area contributed by atoms with Gasteiger partial charge in [0.15, 0.2) is 5.60 Å². The highest BCUT2D eigenvalue weighted by Crippen LogP contribution is 2.34. The minimum Gasteiger partial charge on any atom is -0.386 e. The number of carbonyl (C=O) groups excluding carboxylic acids is 2. The maximum atomic E-state index is 12.7. The Bertz CT molecular complexity index is 876. The number of hydrogen-bond donors (Lipinski definition) is 1. The summed E-state index contributed by atoms with van der Waals surface area (Å²) in [6.45, 7) is 1.00. The molecule has 1 atom stereocenters. The number of carbonyl (C=O) groups is 2. The number of hydrogen-bond acceptors (Lipinski definition) is 5. The second-order valence-electron chi connectivity index (χ2n) is 6.67. The largest absolute Gasteiger partial charge is 0.386 e. The van der Waals surface area contributed by atoms with Crippen LogP contribution in [0.2, 0.25) is 0 Å². The van der Waals surface area contributed by atoms with Crippen LogP contribution in [0.1, 0.15) is 23.3 Å². The molecule has 4 rings (SSSR count). The number of amides is 2. The lowest BCUT2D eigenvalue weighted by Gasteiger charge is -2.21. The van der Waals surface area contributed by atoms with Crippen molar-refractivity contribution in [3.8, 4) is 0 Å². The molecule has 134 valence electrons. The maximum absolute atomic E-state index is 12.7. The van der Waals surface area contributed by atoms with E-state index < -0.39 is 5.60 Å². The molecule has 0 radical (unpaired) electrons. The van der Waals surface area contributed by atoms with Gasteiger partial charge in [0.25, 0.3) is 11.8 Å². The summed E-state index contributed by atoms with van der Waals surface area (Å²) in [5.74, 6) is -0.340. The number of nitrogens with one attached hydrogen (secondary N) is 1. The van der Waals surface area contributed by atoms with E-state index in [1.165, 1.54) is 0 Å². The third-order valence-electron chi connectivity index (χ3n) is 4.79. The first kappa shape index (κ1) is 16.3. The van der Waals surface area contributed by atoms with E-state index in [0.717, 1.165) is 0 Å². The predicted molar refractivity (Wildman–Crippen MR) is 94.7 cm³/mol. The van der Waals surface area contributed by atoms with E-state index in [-0.39, 0.29) is 11.8 Å². The summed E-state index contributed by atoms with van der Waals surface area (Å²) in [5.41, 5.74) is 0.966. The number of pyridine rings is 1. The molecule has 1 N–H and O–H groups in total. The van der Waals surface area contributed by atoms with Gasteiger partial charge in [0, 0.05) is 38.8 Å². The highest BCUT2D eigenvalue weighted by atomic mass is 16.7. The Morgan fingerprint density at radius 3 is 2.92 bits per heavy atom. The van der Waals surface area contributed by atoms with Crippen LogP contribution in [0.15, 0.2) is 48.0 Å². The van der Waals surface area contributed by atoms with Gasteiger partial charge in [0.05, 0.1) is 18.4 Å². The standard InChI is InChI=1S/C18H19N5O3/c1-22-8-3-5-15(22)17(25)23-9-6-18(12-23)10-14(21-26-18)16(24)20-13-4-2-7-19-11-13/h2-5,7-8,11H,6,9-10,12H2,1H3,(H,20,24)/t18-/m0/s1. The molecule has 8 heteroatoms.